The van der Waals surface area contributed by atoms with E-state index in [1.54, 1.807) is 0 Å². The molecule has 0 radical (unpaired) electrons. The van der Waals surface area contributed by atoms with Gasteiger partial charge in [0.05, 0.1) is 0 Å². The Morgan fingerprint density at radius 3 is 2.65 bits per heavy atom. The van der Waals surface area contributed by atoms with Gasteiger partial charge in [-0.25, -0.2) is 0 Å². The van der Waals surface area contributed by atoms with Crippen LogP contribution in [-0.4, -0.2) is 38.3 Å². The van der Waals surface area contributed by atoms with Crippen molar-refractivity contribution in [1.29, 1.82) is 0 Å². The van der Waals surface area contributed by atoms with Gasteiger partial charge in [-0.05, 0) is 45.8 Å². The Hall–Kier alpha value is -0.220. The van der Waals surface area contributed by atoms with Crippen molar-refractivity contribution in [2.24, 2.45) is 0 Å². The maximum absolute atomic E-state index is 6.28. The van der Waals surface area contributed by atoms with Crippen LogP contribution in [-0.2, 0) is 0 Å². The highest BCUT2D eigenvalue weighted by molar-refractivity contribution is 7.99. The Bertz CT molecular complexity index is 355. The van der Waals surface area contributed by atoms with Gasteiger partial charge in [-0.3, -0.25) is 0 Å². The number of hydrogen-bond acceptors (Lipinski definition) is 3. The standard InChI is InChI=1S/C13H21ClN2S/c1-10(15-2)12-6-5-11(9-13(12)14)17-8-7-16(3)4/h5-6,9-10,15H,7-8H2,1-4H3. The van der Waals surface area contributed by atoms with Crippen molar-refractivity contribution < 1.29 is 0 Å². The molecule has 0 bridgehead atoms. The van der Waals surface area contributed by atoms with Gasteiger partial charge in [0.15, 0.2) is 0 Å². The first-order valence-electron chi connectivity index (χ1n) is 5.79. The minimum absolute atomic E-state index is 0.295. The summed E-state index contributed by atoms with van der Waals surface area (Å²) in [5.41, 5.74) is 1.16. The van der Waals surface area contributed by atoms with Crippen molar-refractivity contribution in [3.05, 3.63) is 28.8 Å². The van der Waals surface area contributed by atoms with E-state index in [0.29, 0.717) is 6.04 Å². The fourth-order valence-electron chi connectivity index (χ4n) is 1.45. The van der Waals surface area contributed by atoms with Crippen molar-refractivity contribution in [1.82, 2.24) is 10.2 Å². The number of halogens is 1. The second-order valence-electron chi connectivity index (χ2n) is 4.35. The van der Waals surface area contributed by atoms with Crippen molar-refractivity contribution in [2.75, 3.05) is 33.4 Å². The average molecular weight is 273 g/mol. The zero-order valence-electron chi connectivity index (χ0n) is 11.0. The molecule has 2 nitrogen and oxygen atoms in total. The molecule has 4 heteroatoms. The van der Waals surface area contributed by atoms with E-state index in [1.807, 2.05) is 18.8 Å². The number of nitrogens with one attached hydrogen (secondary N) is 1. The van der Waals surface area contributed by atoms with Crippen LogP contribution in [0.3, 0.4) is 0 Å². The molecule has 1 unspecified atom stereocenters. The highest BCUT2D eigenvalue weighted by Crippen LogP contribution is 2.28. The van der Waals surface area contributed by atoms with E-state index in [4.69, 9.17) is 11.6 Å². The van der Waals surface area contributed by atoms with Gasteiger partial charge in [0.1, 0.15) is 0 Å². The first kappa shape index (κ1) is 14.8. The van der Waals surface area contributed by atoms with E-state index in [2.05, 4.69) is 49.4 Å². The topological polar surface area (TPSA) is 15.3 Å². The van der Waals surface area contributed by atoms with Crippen LogP contribution in [0.1, 0.15) is 18.5 Å². The predicted molar refractivity (Wildman–Crippen MR) is 78.2 cm³/mol. The van der Waals surface area contributed by atoms with Gasteiger partial charge in [0, 0.05) is 28.3 Å². The molecule has 0 aromatic heterocycles. The lowest BCUT2D eigenvalue weighted by Crippen LogP contribution is -2.14. The van der Waals surface area contributed by atoms with Crippen LogP contribution in [0.2, 0.25) is 5.02 Å². The lowest BCUT2D eigenvalue weighted by atomic mass is 10.1. The third-order valence-corrected chi connectivity index (χ3v) is 3.98. The van der Waals surface area contributed by atoms with Crippen LogP contribution >= 0.6 is 23.4 Å². The lowest BCUT2D eigenvalue weighted by molar-refractivity contribution is 0.437. The van der Waals surface area contributed by atoms with Gasteiger partial charge in [0.25, 0.3) is 0 Å². The minimum atomic E-state index is 0.295. The molecule has 0 aliphatic rings. The third-order valence-electron chi connectivity index (χ3n) is 2.68. The van der Waals surface area contributed by atoms with Crippen molar-refractivity contribution in [3.8, 4) is 0 Å². The Morgan fingerprint density at radius 1 is 1.41 bits per heavy atom. The van der Waals surface area contributed by atoms with Crippen molar-refractivity contribution in [3.63, 3.8) is 0 Å². The van der Waals surface area contributed by atoms with E-state index >= 15 is 0 Å². The molecule has 0 heterocycles. The van der Waals surface area contributed by atoms with Crippen LogP contribution in [0.25, 0.3) is 0 Å². The van der Waals surface area contributed by atoms with Gasteiger partial charge in [0.2, 0.25) is 0 Å². The second-order valence-corrected chi connectivity index (χ2v) is 5.92. The zero-order chi connectivity index (χ0) is 12.8. The molecule has 0 saturated heterocycles. The second kappa shape index (κ2) is 7.27. The Labute approximate surface area is 114 Å². The molecule has 0 aliphatic carbocycles. The quantitative estimate of drug-likeness (QED) is 0.800. The summed E-state index contributed by atoms with van der Waals surface area (Å²) in [5, 5.41) is 4.05. The first-order chi connectivity index (χ1) is 8.04. The van der Waals surface area contributed by atoms with Crippen LogP contribution < -0.4 is 5.32 Å². The van der Waals surface area contributed by atoms with Gasteiger partial charge in [-0.1, -0.05) is 17.7 Å². The first-order valence-corrected chi connectivity index (χ1v) is 7.15. The highest BCUT2D eigenvalue weighted by Gasteiger charge is 2.08. The molecule has 0 fully saturated rings. The molecule has 0 amide bonds. The fourth-order valence-corrected chi connectivity index (χ4v) is 2.92. The fraction of sp³-hybridized carbons (Fsp3) is 0.538. The van der Waals surface area contributed by atoms with Crippen molar-refractivity contribution in [2.45, 2.75) is 17.9 Å². The maximum atomic E-state index is 6.28. The van der Waals surface area contributed by atoms with E-state index in [-0.39, 0.29) is 0 Å². The summed E-state index contributed by atoms with van der Waals surface area (Å²) in [7, 11) is 6.12. The largest absolute Gasteiger partial charge is 0.313 e. The summed E-state index contributed by atoms with van der Waals surface area (Å²) in [6.07, 6.45) is 0. The highest BCUT2D eigenvalue weighted by atomic mass is 35.5. The summed E-state index contributed by atoms with van der Waals surface area (Å²) < 4.78 is 0. The molecule has 96 valence electrons. The minimum Gasteiger partial charge on any atom is -0.313 e. The Balaban J connectivity index is 2.62. The molecule has 1 N–H and O–H groups in total. The molecular formula is C13H21ClN2S. The lowest BCUT2D eigenvalue weighted by Gasteiger charge is -2.14. The number of thioether (sulfide) groups is 1. The van der Waals surface area contributed by atoms with Gasteiger partial charge in [-0.2, -0.15) is 0 Å². The van der Waals surface area contributed by atoms with Crippen molar-refractivity contribution >= 4 is 23.4 Å². The predicted octanol–water partition coefficient (Wildman–Crippen LogP) is 3.27. The molecule has 1 atom stereocenters. The molecule has 0 spiro atoms. The molecule has 0 saturated carbocycles. The molecule has 1 rings (SSSR count). The summed E-state index contributed by atoms with van der Waals surface area (Å²) in [6, 6.07) is 6.62. The molecular weight excluding hydrogens is 252 g/mol. The third kappa shape index (κ3) is 4.88. The number of hydrogen-bond donors (Lipinski definition) is 1. The van der Waals surface area contributed by atoms with Crippen LogP contribution in [0.15, 0.2) is 23.1 Å². The smallest absolute Gasteiger partial charge is 0.0464 e. The Kier molecular flexibility index (Phi) is 6.34. The van der Waals surface area contributed by atoms with E-state index in [9.17, 15) is 0 Å². The van der Waals surface area contributed by atoms with E-state index < -0.39 is 0 Å². The van der Waals surface area contributed by atoms with Crippen LogP contribution in [0.5, 0.6) is 0 Å². The van der Waals surface area contributed by atoms with Crippen LogP contribution in [0, 0.1) is 0 Å². The summed E-state index contributed by atoms with van der Waals surface area (Å²) in [6.45, 7) is 3.19. The van der Waals surface area contributed by atoms with E-state index in [0.717, 1.165) is 22.9 Å². The molecule has 0 aliphatic heterocycles. The summed E-state index contributed by atoms with van der Waals surface area (Å²) >= 11 is 8.13. The Morgan fingerprint density at radius 2 is 2.12 bits per heavy atom. The zero-order valence-corrected chi connectivity index (χ0v) is 12.5. The number of rotatable bonds is 6. The summed E-state index contributed by atoms with van der Waals surface area (Å²) in [4.78, 5) is 3.43. The maximum Gasteiger partial charge on any atom is 0.0464 e. The average Bonchev–Trinajstić information content (AvgIpc) is 2.28. The normalized spacial score (nSPS) is 13.1. The summed E-state index contributed by atoms with van der Waals surface area (Å²) in [5.74, 6) is 1.09. The van der Waals surface area contributed by atoms with Gasteiger partial charge >= 0.3 is 0 Å². The number of benzene rings is 1. The van der Waals surface area contributed by atoms with Crippen LogP contribution in [0.4, 0.5) is 0 Å². The van der Waals surface area contributed by atoms with Gasteiger partial charge < -0.3 is 10.2 Å². The molecule has 1 aromatic carbocycles. The van der Waals surface area contributed by atoms with E-state index in [1.165, 1.54) is 4.90 Å². The SMILES string of the molecule is CNC(C)c1ccc(SCCN(C)C)cc1Cl. The molecule has 17 heavy (non-hydrogen) atoms. The van der Waals surface area contributed by atoms with Gasteiger partial charge in [-0.15, -0.1) is 11.8 Å². The molecule has 1 aromatic rings. The number of nitrogens with zero attached hydrogens (tertiary/aromatic N) is 1. The monoisotopic (exact) mass is 272 g/mol.